The van der Waals surface area contributed by atoms with E-state index < -0.39 is 6.10 Å². The number of nitrogens with zero attached hydrogens (tertiary/aromatic N) is 3. The topological polar surface area (TPSA) is 66.3 Å². The number of aliphatic hydroxyl groups is 1. The fourth-order valence-corrected chi connectivity index (χ4v) is 3.60. The Hall–Kier alpha value is -2.31. The maximum atomic E-state index is 10.3. The van der Waals surface area contributed by atoms with Gasteiger partial charge in [-0.25, -0.2) is 4.98 Å². The molecule has 6 nitrogen and oxygen atoms in total. The van der Waals surface area contributed by atoms with Gasteiger partial charge >= 0.3 is 0 Å². The Labute approximate surface area is 147 Å². The second-order valence-electron chi connectivity index (χ2n) is 6.70. The maximum absolute atomic E-state index is 10.3. The number of aromatic nitrogens is 3. The Balaban J connectivity index is 1.26. The Morgan fingerprint density at radius 1 is 1.28 bits per heavy atom. The largest absolute Gasteiger partial charge is 0.490 e. The molecule has 1 aromatic carbocycles. The Bertz CT molecular complexity index is 791. The van der Waals surface area contributed by atoms with E-state index in [2.05, 4.69) is 19.4 Å². The van der Waals surface area contributed by atoms with Crippen molar-refractivity contribution in [3.8, 4) is 5.75 Å². The predicted molar refractivity (Wildman–Crippen MR) is 96.7 cm³/mol. The highest BCUT2D eigenvalue weighted by Gasteiger charge is 2.22. The molecule has 25 heavy (non-hydrogen) atoms. The lowest BCUT2D eigenvalue weighted by Crippen LogP contribution is -2.41. The van der Waals surface area contributed by atoms with Gasteiger partial charge < -0.3 is 24.3 Å². The summed E-state index contributed by atoms with van der Waals surface area (Å²) in [6.45, 7) is 2.95. The average molecular weight is 340 g/mol. The van der Waals surface area contributed by atoms with Crippen LogP contribution in [0.4, 0.5) is 0 Å². The summed E-state index contributed by atoms with van der Waals surface area (Å²) < 4.78 is 8.04. The zero-order chi connectivity index (χ0) is 17.1. The second-order valence-corrected chi connectivity index (χ2v) is 6.70. The summed E-state index contributed by atoms with van der Waals surface area (Å²) in [5, 5.41) is 11.4. The van der Waals surface area contributed by atoms with Crippen LogP contribution < -0.4 is 4.74 Å². The van der Waals surface area contributed by atoms with E-state index in [9.17, 15) is 5.11 Å². The first-order valence-corrected chi connectivity index (χ1v) is 8.86. The number of aromatic amines is 1. The smallest absolute Gasteiger partial charge is 0.128 e. The monoisotopic (exact) mass is 340 g/mol. The summed E-state index contributed by atoms with van der Waals surface area (Å²) in [7, 11) is 0. The summed E-state index contributed by atoms with van der Waals surface area (Å²) >= 11 is 0. The molecule has 132 valence electrons. The van der Waals surface area contributed by atoms with E-state index in [-0.39, 0.29) is 0 Å². The number of piperidine rings is 1. The van der Waals surface area contributed by atoms with Gasteiger partial charge in [-0.15, -0.1) is 0 Å². The molecule has 6 heteroatoms. The van der Waals surface area contributed by atoms with Crippen LogP contribution in [0.15, 0.2) is 49.2 Å². The van der Waals surface area contributed by atoms with Gasteiger partial charge in [-0.2, -0.15) is 0 Å². The number of nitrogens with one attached hydrogen (secondary N) is 1. The SMILES string of the molecule is OC(COc1cccc2[nH]ccc12)CN1CCC(n2ccnc2)CC1. The van der Waals surface area contributed by atoms with Gasteiger partial charge in [0.05, 0.1) is 6.33 Å². The third kappa shape index (κ3) is 3.70. The van der Waals surface area contributed by atoms with Gasteiger partial charge in [0.15, 0.2) is 0 Å². The fraction of sp³-hybridized carbons (Fsp3) is 0.421. The minimum atomic E-state index is -0.487. The molecular weight excluding hydrogens is 316 g/mol. The van der Waals surface area contributed by atoms with E-state index in [1.165, 1.54) is 0 Å². The van der Waals surface area contributed by atoms with Crippen molar-refractivity contribution in [3.63, 3.8) is 0 Å². The lowest BCUT2D eigenvalue weighted by molar-refractivity contribution is 0.0563. The van der Waals surface area contributed by atoms with Crippen molar-refractivity contribution in [2.45, 2.75) is 25.0 Å². The highest BCUT2D eigenvalue weighted by molar-refractivity contribution is 5.85. The van der Waals surface area contributed by atoms with E-state index in [1.54, 1.807) is 0 Å². The molecule has 1 aliphatic rings. The fourth-order valence-electron chi connectivity index (χ4n) is 3.60. The van der Waals surface area contributed by atoms with Gasteiger partial charge in [0, 0.05) is 55.2 Å². The zero-order valence-electron chi connectivity index (χ0n) is 14.2. The van der Waals surface area contributed by atoms with Crippen molar-refractivity contribution >= 4 is 10.9 Å². The molecule has 4 rings (SSSR count). The molecule has 2 aromatic heterocycles. The quantitative estimate of drug-likeness (QED) is 0.723. The van der Waals surface area contributed by atoms with Gasteiger partial charge in [0.25, 0.3) is 0 Å². The molecule has 0 amide bonds. The Morgan fingerprint density at radius 2 is 2.16 bits per heavy atom. The van der Waals surface area contributed by atoms with E-state index in [0.717, 1.165) is 42.6 Å². The summed E-state index contributed by atoms with van der Waals surface area (Å²) in [6, 6.07) is 8.44. The molecule has 0 aliphatic carbocycles. The summed E-state index contributed by atoms with van der Waals surface area (Å²) in [6.07, 6.45) is 9.35. The third-order valence-electron chi connectivity index (χ3n) is 4.96. The molecule has 3 aromatic rings. The number of aliphatic hydroxyl groups excluding tert-OH is 1. The molecular formula is C19H24N4O2. The molecule has 1 saturated heterocycles. The minimum absolute atomic E-state index is 0.311. The van der Waals surface area contributed by atoms with E-state index in [0.29, 0.717) is 19.2 Å². The number of rotatable bonds is 6. The molecule has 0 bridgehead atoms. The molecule has 1 unspecified atom stereocenters. The van der Waals surface area contributed by atoms with Gasteiger partial charge in [-0.1, -0.05) is 6.07 Å². The molecule has 2 N–H and O–H groups in total. The van der Waals surface area contributed by atoms with Crippen LogP contribution in [0.5, 0.6) is 5.75 Å². The lowest BCUT2D eigenvalue weighted by Gasteiger charge is -2.33. The van der Waals surface area contributed by atoms with E-state index >= 15 is 0 Å². The first kappa shape index (κ1) is 16.2. The van der Waals surface area contributed by atoms with Crippen molar-refractivity contribution in [1.29, 1.82) is 0 Å². The number of hydrogen-bond donors (Lipinski definition) is 2. The average Bonchev–Trinajstić information content (AvgIpc) is 3.32. The third-order valence-corrected chi connectivity index (χ3v) is 4.96. The number of hydrogen-bond acceptors (Lipinski definition) is 4. The maximum Gasteiger partial charge on any atom is 0.128 e. The molecule has 0 spiro atoms. The standard InChI is InChI=1S/C19H24N4O2/c24-16(13-25-19-3-1-2-18-17(19)4-7-21-18)12-22-9-5-15(6-10-22)23-11-8-20-14-23/h1-4,7-8,11,14-16,21,24H,5-6,9-10,12-13H2. The van der Waals surface area contributed by atoms with Crippen LogP contribution in [0.1, 0.15) is 18.9 Å². The molecule has 0 saturated carbocycles. The normalized spacial score (nSPS) is 17.8. The van der Waals surface area contributed by atoms with Gasteiger partial charge in [-0.05, 0) is 31.0 Å². The predicted octanol–water partition coefficient (Wildman–Crippen LogP) is 2.44. The zero-order valence-corrected chi connectivity index (χ0v) is 14.2. The highest BCUT2D eigenvalue weighted by Crippen LogP contribution is 2.25. The van der Waals surface area contributed by atoms with Crippen LogP contribution in [0, 0.1) is 0 Å². The Kier molecular flexibility index (Phi) is 4.72. The summed E-state index contributed by atoms with van der Waals surface area (Å²) in [5.74, 6) is 0.816. The van der Waals surface area contributed by atoms with Crippen LogP contribution in [0.2, 0.25) is 0 Å². The Morgan fingerprint density at radius 3 is 2.96 bits per heavy atom. The number of fused-ring (bicyclic) bond motifs is 1. The summed E-state index contributed by atoms with van der Waals surface area (Å²) in [4.78, 5) is 9.62. The molecule has 3 heterocycles. The lowest BCUT2D eigenvalue weighted by atomic mass is 10.0. The van der Waals surface area contributed by atoms with Crippen LogP contribution in [0.3, 0.4) is 0 Å². The number of benzene rings is 1. The molecule has 1 fully saturated rings. The highest BCUT2D eigenvalue weighted by atomic mass is 16.5. The van der Waals surface area contributed by atoms with Gasteiger partial charge in [-0.3, -0.25) is 0 Å². The van der Waals surface area contributed by atoms with Gasteiger partial charge in [0.2, 0.25) is 0 Å². The molecule has 0 radical (unpaired) electrons. The van der Waals surface area contributed by atoms with Crippen LogP contribution >= 0.6 is 0 Å². The number of H-pyrrole nitrogens is 1. The first-order valence-electron chi connectivity index (χ1n) is 8.86. The van der Waals surface area contributed by atoms with E-state index in [4.69, 9.17) is 4.74 Å². The van der Waals surface area contributed by atoms with Crippen LogP contribution in [-0.4, -0.2) is 56.9 Å². The van der Waals surface area contributed by atoms with Crippen molar-refractivity contribution in [2.75, 3.05) is 26.2 Å². The van der Waals surface area contributed by atoms with Crippen LogP contribution in [0.25, 0.3) is 10.9 Å². The minimum Gasteiger partial charge on any atom is -0.490 e. The van der Waals surface area contributed by atoms with E-state index in [1.807, 2.05) is 49.2 Å². The molecule has 1 aliphatic heterocycles. The van der Waals surface area contributed by atoms with Crippen molar-refractivity contribution in [3.05, 3.63) is 49.2 Å². The van der Waals surface area contributed by atoms with Crippen molar-refractivity contribution < 1.29 is 9.84 Å². The van der Waals surface area contributed by atoms with Crippen LogP contribution in [-0.2, 0) is 0 Å². The first-order chi connectivity index (χ1) is 12.3. The molecule has 1 atom stereocenters. The van der Waals surface area contributed by atoms with Crippen molar-refractivity contribution in [2.24, 2.45) is 0 Å². The van der Waals surface area contributed by atoms with Crippen molar-refractivity contribution in [1.82, 2.24) is 19.4 Å². The van der Waals surface area contributed by atoms with Gasteiger partial charge in [0.1, 0.15) is 18.5 Å². The summed E-state index contributed by atoms with van der Waals surface area (Å²) in [5.41, 5.74) is 1.05. The number of β-amino-alcohol motifs (C(OH)–C–C–N with tert-alkyl or cyclic N) is 1. The number of likely N-dealkylation sites (tertiary alicyclic amines) is 1. The number of imidazole rings is 1. The number of ether oxygens (including phenoxy) is 1. The second kappa shape index (κ2) is 7.29.